The minimum Gasteiger partial charge on any atom is -0.361 e. The first-order valence-corrected chi connectivity index (χ1v) is 7.03. The summed E-state index contributed by atoms with van der Waals surface area (Å²) >= 11 is 0. The summed E-state index contributed by atoms with van der Waals surface area (Å²) in [6, 6.07) is 0. The van der Waals surface area contributed by atoms with Crippen LogP contribution in [0.4, 0.5) is 0 Å². The van der Waals surface area contributed by atoms with E-state index in [0.717, 1.165) is 25.8 Å². The third-order valence-electron chi connectivity index (χ3n) is 4.30. The normalized spacial score (nSPS) is 30.6. The zero-order chi connectivity index (χ0) is 13.3. The smallest absolute Gasteiger partial charge is 0.246 e. The van der Waals surface area contributed by atoms with Gasteiger partial charge in [-0.2, -0.15) is 0 Å². The summed E-state index contributed by atoms with van der Waals surface area (Å²) in [5.74, 6) is 0.136. The van der Waals surface area contributed by atoms with Crippen molar-refractivity contribution < 1.29 is 14.3 Å². The highest BCUT2D eigenvalue weighted by Gasteiger charge is 2.43. The zero-order valence-electron chi connectivity index (χ0n) is 11.1. The molecule has 2 heterocycles. The molecule has 104 valence electrons. The number of ether oxygens (including phenoxy) is 1. The van der Waals surface area contributed by atoms with Crippen LogP contribution < -0.4 is 5.32 Å². The molecule has 1 aliphatic carbocycles. The Morgan fingerprint density at radius 1 is 1.53 bits per heavy atom. The predicted molar refractivity (Wildman–Crippen MR) is 69.4 cm³/mol. The Balaban J connectivity index is 1.56. The minimum atomic E-state index is -0.340. The maximum absolute atomic E-state index is 12.2. The van der Waals surface area contributed by atoms with Gasteiger partial charge in [0.25, 0.3) is 0 Å². The lowest BCUT2D eigenvalue weighted by molar-refractivity contribution is -0.143. The summed E-state index contributed by atoms with van der Waals surface area (Å²) in [4.78, 5) is 25.2. The quantitative estimate of drug-likeness (QED) is 0.743. The number of hydrogen-bond donors (Lipinski definition) is 1. The standard InChI is InChI=1S/C14H20N2O3/c17-12-8-19-14(9-15-12)5-6-16(10-14)13(18)7-11-3-1-2-4-11/h3H,1-2,4-10H2,(H,15,17). The molecule has 0 bridgehead atoms. The van der Waals surface area contributed by atoms with E-state index in [1.165, 1.54) is 12.0 Å². The number of nitrogens with zero attached hydrogens (tertiary/aromatic N) is 1. The Kier molecular flexibility index (Phi) is 3.31. The van der Waals surface area contributed by atoms with Crippen LogP contribution in [0.5, 0.6) is 0 Å². The topological polar surface area (TPSA) is 58.6 Å². The Hall–Kier alpha value is -1.36. The molecule has 19 heavy (non-hydrogen) atoms. The van der Waals surface area contributed by atoms with Crippen LogP contribution in [0.3, 0.4) is 0 Å². The van der Waals surface area contributed by atoms with Crippen LogP contribution in [0.15, 0.2) is 11.6 Å². The fourth-order valence-electron chi connectivity index (χ4n) is 3.10. The number of hydrogen-bond acceptors (Lipinski definition) is 3. The molecule has 0 radical (unpaired) electrons. The Morgan fingerprint density at radius 2 is 2.42 bits per heavy atom. The fraction of sp³-hybridized carbons (Fsp3) is 0.714. The molecule has 1 spiro atoms. The second-order valence-electron chi connectivity index (χ2n) is 5.75. The highest BCUT2D eigenvalue weighted by Crippen LogP contribution is 2.29. The first kappa shape index (κ1) is 12.7. The number of likely N-dealkylation sites (tertiary alicyclic amines) is 1. The number of morpholine rings is 1. The summed E-state index contributed by atoms with van der Waals surface area (Å²) in [5, 5.41) is 2.83. The van der Waals surface area contributed by atoms with Gasteiger partial charge in [0.05, 0.1) is 6.54 Å². The molecule has 1 unspecified atom stereocenters. The van der Waals surface area contributed by atoms with Crippen molar-refractivity contribution in [3.05, 3.63) is 11.6 Å². The van der Waals surface area contributed by atoms with E-state index < -0.39 is 0 Å². The molecule has 2 amide bonds. The highest BCUT2D eigenvalue weighted by molar-refractivity contribution is 5.80. The minimum absolute atomic E-state index is 0.0634. The Labute approximate surface area is 113 Å². The van der Waals surface area contributed by atoms with E-state index in [0.29, 0.717) is 19.5 Å². The number of amides is 2. The lowest BCUT2D eigenvalue weighted by atomic mass is 10.0. The fourth-order valence-corrected chi connectivity index (χ4v) is 3.10. The van der Waals surface area contributed by atoms with Gasteiger partial charge in [0.15, 0.2) is 0 Å². The van der Waals surface area contributed by atoms with E-state index in [-0.39, 0.29) is 24.0 Å². The van der Waals surface area contributed by atoms with Crippen molar-refractivity contribution in [2.24, 2.45) is 0 Å². The van der Waals surface area contributed by atoms with Crippen LogP contribution in [-0.4, -0.2) is 48.6 Å². The maximum Gasteiger partial charge on any atom is 0.246 e. The molecule has 2 saturated heterocycles. The molecule has 0 aromatic heterocycles. The highest BCUT2D eigenvalue weighted by atomic mass is 16.5. The van der Waals surface area contributed by atoms with E-state index >= 15 is 0 Å². The average Bonchev–Trinajstić information content (AvgIpc) is 3.04. The van der Waals surface area contributed by atoms with E-state index in [1.54, 1.807) is 0 Å². The van der Waals surface area contributed by atoms with Gasteiger partial charge in [-0.25, -0.2) is 0 Å². The molecule has 5 heteroatoms. The van der Waals surface area contributed by atoms with Crippen molar-refractivity contribution in [2.45, 2.75) is 37.7 Å². The summed E-state index contributed by atoms with van der Waals surface area (Å²) in [7, 11) is 0. The van der Waals surface area contributed by atoms with Crippen LogP contribution in [0.2, 0.25) is 0 Å². The van der Waals surface area contributed by atoms with Gasteiger partial charge < -0.3 is 15.0 Å². The number of allylic oxidation sites excluding steroid dienone is 1. The molecule has 1 N–H and O–H groups in total. The van der Waals surface area contributed by atoms with Crippen molar-refractivity contribution >= 4 is 11.8 Å². The van der Waals surface area contributed by atoms with E-state index in [1.807, 2.05) is 4.90 Å². The second kappa shape index (κ2) is 4.96. The predicted octanol–water partition coefficient (Wildman–Crippen LogP) is 0.604. The molecular formula is C14H20N2O3. The lowest BCUT2D eigenvalue weighted by Gasteiger charge is -2.33. The molecule has 5 nitrogen and oxygen atoms in total. The maximum atomic E-state index is 12.2. The number of rotatable bonds is 2. The molecule has 0 aromatic rings. The van der Waals surface area contributed by atoms with E-state index in [4.69, 9.17) is 4.74 Å². The lowest BCUT2D eigenvalue weighted by Crippen LogP contribution is -2.54. The summed E-state index contributed by atoms with van der Waals surface area (Å²) < 4.78 is 5.67. The van der Waals surface area contributed by atoms with Crippen molar-refractivity contribution in [1.82, 2.24) is 10.2 Å². The van der Waals surface area contributed by atoms with Crippen molar-refractivity contribution in [1.29, 1.82) is 0 Å². The van der Waals surface area contributed by atoms with E-state index in [9.17, 15) is 9.59 Å². The van der Waals surface area contributed by atoms with Gasteiger partial charge in [-0.05, 0) is 25.7 Å². The molecule has 2 fully saturated rings. The molecule has 3 aliphatic rings. The molecule has 3 rings (SSSR count). The third kappa shape index (κ3) is 2.66. The third-order valence-corrected chi connectivity index (χ3v) is 4.30. The SMILES string of the molecule is O=C1COC2(CCN(C(=O)CC3=CCCC3)C2)CN1. The zero-order valence-corrected chi connectivity index (χ0v) is 11.1. The van der Waals surface area contributed by atoms with Gasteiger partial charge in [0.2, 0.25) is 11.8 Å². The first-order valence-electron chi connectivity index (χ1n) is 7.03. The van der Waals surface area contributed by atoms with Crippen molar-refractivity contribution in [3.63, 3.8) is 0 Å². The summed E-state index contributed by atoms with van der Waals surface area (Å²) in [6.45, 7) is 1.99. The van der Waals surface area contributed by atoms with Crippen molar-refractivity contribution in [2.75, 3.05) is 26.2 Å². The number of nitrogens with one attached hydrogen (secondary N) is 1. The molecule has 0 saturated carbocycles. The van der Waals surface area contributed by atoms with Crippen LogP contribution in [0, 0.1) is 0 Å². The average molecular weight is 264 g/mol. The monoisotopic (exact) mass is 264 g/mol. The van der Waals surface area contributed by atoms with Gasteiger partial charge in [-0.15, -0.1) is 0 Å². The summed E-state index contributed by atoms with van der Waals surface area (Å²) in [5.41, 5.74) is 0.942. The van der Waals surface area contributed by atoms with Crippen LogP contribution in [-0.2, 0) is 14.3 Å². The van der Waals surface area contributed by atoms with Gasteiger partial charge in [-0.3, -0.25) is 9.59 Å². The van der Waals surface area contributed by atoms with Crippen LogP contribution in [0.25, 0.3) is 0 Å². The largest absolute Gasteiger partial charge is 0.361 e. The summed E-state index contributed by atoms with van der Waals surface area (Å²) in [6.07, 6.45) is 6.93. The number of carbonyl (C=O) groups is 2. The molecule has 0 aromatic carbocycles. The first-order chi connectivity index (χ1) is 9.17. The van der Waals surface area contributed by atoms with Gasteiger partial charge >= 0.3 is 0 Å². The molecular weight excluding hydrogens is 244 g/mol. The van der Waals surface area contributed by atoms with E-state index in [2.05, 4.69) is 11.4 Å². The van der Waals surface area contributed by atoms with Gasteiger partial charge in [-0.1, -0.05) is 11.6 Å². The second-order valence-corrected chi connectivity index (χ2v) is 5.75. The molecule has 2 aliphatic heterocycles. The van der Waals surface area contributed by atoms with Crippen molar-refractivity contribution in [3.8, 4) is 0 Å². The molecule has 1 atom stereocenters. The van der Waals surface area contributed by atoms with Gasteiger partial charge in [0.1, 0.15) is 12.2 Å². The van der Waals surface area contributed by atoms with Crippen LogP contribution in [0.1, 0.15) is 32.1 Å². The van der Waals surface area contributed by atoms with Crippen LogP contribution >= 0.6 is 0 Å². The Morgan fingerprint density at radius 3 is 3.11 bits per heavy atom. The number of carbonyl (C=O) groups excluding carboxylic acids is 2. The van der Waals surface area contributed by atoms with Gasteiger partial charge in [0, 0.05) is 19.5 Å². The Bertz CT molecular complexity index is 420.